The van der Waals surface area contributed by atoms with Gasteiger partial charge in [-0.3, -0.25) is 0 Å². The van der Waals surface area contributed by atoms with Crippen LogP contribution < -0.4 is 4.74 Å². The molecule has 0 N–H and O–H groups in total. The summed E-state index contributed by atoms with van der Waals surface area (Å²) in [6.45, 7) is 0. The van der Waals surface area contributed by atoms with Gasteiger partial charge in [0.05, 0.1) is 10.5 Å². The average molecular weight is 315 g/mol. The van der Waals surface area contributed by atoms with Gasteiger partial charge in [-0.05, 0) is 30.3 Å². The molecule has 0 unspecified atom stereocenters. The number of aromatic nitrogens is 1. The number of hydrogen-bond acceptors (Lipinski definition) is 3. The zero-order chi connectivity index (χ0) is 14.8. The van der Waals surface area contributed by atoms with Crippen molar-refractivity contribution in [2.75, 3.05) is 0 Å². The van der Waals surface area contributed by atoms with E-state index in [1.807, 2.05) is 24.3 Å². The van der Waals surface area contributed by atoms with Crippen LogP contribution in [0.15, 0.2) is 48.5 Å². The Morgan fingerprint density at radius 1 is 1.05 bits per heavy atom. The summed E-state index contributed by atoms with van der Waals surface area (Å²) in [5.41, 5.74) is 1.09. The second kappa shape index (κ2) is 5.61. The quantitative estimate of drug-likeness (QED) is 0.652. The van der Waals surface area contributed by atoms with Crippen LogP contribution in [0.5, 0.6) is 11.6 Å². The maximum Gasteiger partial charge on any atom is 0.237 e. The Labute approximate surface area is 131 Å². The highest BCUT2D eigenvalue weighted by Crippen LogP contribution is 2.33. The lowest BCUT2D eigenvalue weighted by molar-refractivity contribution is 0.463. The van der Waals surface area contributed by atoms with Crippen LogP contribution in [0.4, 0.5) is 0 Å². The van der Waals surface area contributed by atoms with E-state index in [0.29, 0.717) is 21.4 Å². The Hall–Kier alpha value is -2.28. The van der Waals surface area contributed by atoms with Crippen LogP contribution in [0.25, 0.3) is 10.9 Å². The maximum absolute atomic E-state index is 9.25. The summed E-state index contributed by atoms with van der Waals surface area (Å²) in [5.74, 6) is 0.626. The van der Waals surface area contributed by atoms with Crippen molar-refractivity contribution < 1.29 is 4.74 Å². The Morgan fingerprint density at radius 2 is 1.86 bits per heavy atom. The molecule has 5 heteroatoms. The Morgan fingerprint density at radius 3 is 2.62 bits per heavy atom. The fourth-order valence-corrected chi connectivity index (χ4v) is 2.37. The van der Waals surface area contributed by atoms with Crippen LogP contribution in [0.3, 0.4) is 0 Å². The van der Waals surface area contributed by atoms with Crippen LogP contribution in [-0.4, -0.2) is 4.98 Å². The van der Waals surface area contributed by atoms with Crippen LogP contribution in [-0.2, 0) is 0 Å². The van der Waals surface area contributed by atoms with Crippen LogP contribution in [0.1, 0.15) is 5.56 Å². The lowest BCUT2D eigenvalue weighted by atomic mass is 10.1. The minimum atomic E-state index is 0.223. The molecule has 0 aliphatic heterocycles. The molecule has 0 atom stereocenters. The van der Waals surface area contributed by atoms with E-state index in [0.717, 1.165) is 10.9 Å². The third-order valence-electron chi connectivity index (χ3n) is 2.91. The zero-order valence-corrected chi connectivity index (χ0v) is 12.2. The summed E-state index contributed by atoms with van der Waals surface area (Å²) < 4.78 is 5.67. The van der Waals surface area contributed by atoms with E-state index in [2.05, 4.69) is 11.1 Å². The van der Waals surface area contributed by atoms with Crippen LogP contribution in [0.2, 0.25) is 10.0 Å². The monoisotopic (exact) mass is 314 g/mol. The van der Waals surface area contributed by atoms with E-state index in [-0.39, 0.29) is 5.88 Å². The smallest absolute Gasteiger partial charge is 0.237 e. The number of para-hydroxylation sites is 1. The highest BCUT2D eigenvalue weighted by atomic mass is 35.5. The van der Waals surface area contributed by atoms with Gasteiger partial charge in [-0.25, -0.2) is 4.98 Å². The lowest BCUT2D eigenvalue weighted by Gasteiger charge is -2.09. The molecule has 0 amide bonds. The Balaban J connectivity index is 2.09. The first-order valence-electron chi connectivity index (χ1n) is 6.10. The van der Waals surface area contributed by atoms with Gasteiger partial charge in [0.15, 0.2) is 0 Å². The topological polar surface area (TPSA) is 45.9 Å². The molecule has 2 aromatic carbocycles. The lowest BCUT2D eigenvalue weighted by Crippen LogP contribution is -1.93. The van der Waals surface area contributed by atoms with Gasteiger partial charge in [-0.1, -0.05) is 41.4 Å². The van der Waals surface area contributed by atoms with E-state index in [1.165, 1.54) is 0 Å². The molecule has 3 aromatic rings. The molecule has 21 heavy (non-hydrogen) atoms. The number of halogens is 2. The van der Waals surface area contributed by atoms with Crippen molar-refractivity contribution in [3.63, 3.8) is 0 Å². The van der Waals surface area contributed by atoms with Crippen LogP contribution in [0, 0.1) is 11.3 Å². The van der Waals surface area contributed by atoms with Gasteiger partial charge in [0.1, 0.15) is 17.4 Å². The normalized spacial score (nSPS) is 10.3. The summed E-state index contributed by atoms with van der Waals surface area (Å²) in [6.07, 6.45) is 0. The molecule has 0 fully saturated rings. The van der Waals surface area contributed by atoms with Crippen molar-refractivity contribution >= 4 is 34.1 Å². The molecule has 0 radical (unpaired) electrons. The van der Waals surface area contributed by atoms with Crippen molar-refractivity contribution in [3.8, 4) is 17.7 Å². The number of benzene rings is 2. The molecular weight excluding hydrogens is 307 g/mol. The van der Waals surface area contributed by atoms with Gasteiger partial charge in [0.25, 0.3) is 0 Å². The fourth-order valence-electron chi connectivity index (χ4n) is 1.92. The summed E-state index contributed by atoms with van der Waals surface area (Å²) in [6, 6.07) is 16.2. The Kier molecular flexibility index (Phi) is 3.66. The number of hydrogen-bond donors (Lipinski definition) is 0. The maximum atomic E-state index is 9.25. The number of nitriles is 1. The third-order valence-corrected chi connectivity index (χ3v) is 3.44. The first-order chi connectivity index (χ1) is 10.2. The number of rotatable bonds is 2. The van der Waals surface area contributed by atoms with Crippen molar-refractivity contribution in [2.45, 2.75) is 0 Å². The number of fused-ring (bicyclic) bond motifs is 1. The van der Waals surface area contributed by atoms with Crippen LogP contribution >= 0.6 is 23.2 Å². The highest BCUT2D eigenvalue weighted by molar-refractivity contribution is 6.35. The average Bonchev–Trinajstić information content (AvgIpc) is 2.49. The van der Waals surface area contributed by atoms with Gasteiger partial charge < -0.3 is 4.74 Å². The molecule has 0 spiro atoms. The molecular formula is C16H8Cl2N2O. The van der Waals surface area contributed by atoms with E-state index in [9.17, 15) is 5.26 Å². The van der Waals surface area contributed by atoms with Gasteiger partial charge in [0, 0.05) is 10.4 Å². The molecule has 3 rings (SSSR count). The summed E-state index contributed by atoms with van der Waals surface area (Å²) in [5, 5.41) is 11.0. The number of ether oxygens (including phenoxy) is 1. The minimum absolute atomic E-state index is 0.223. The predicted molar refractivity (Wildman–Crippen MR) is 83.0 cm³/mol. The standard InChI is InChI=1S/C16H8Cl2N2O/c17-12-5-6-15(13(18)8-12)21-16-11(9-19)7-10-3-1-2-4-14(10)20-16/h1-8H. The minimum Gasteiger partial charge on any atom is -0.436 e. The molecule has 0 saturated heterocycles. The second-order valence-corrected chi connectivity index (χ2v) is 5.17. The van der Waals surface area contributed by atoms with Gasteiger partial charge in [-0.2, -0.15) is 5.26 Å². The Bertz CT molecular complexity index is 872. The van der Waals surface area contributed by atoms with E-state index < -0.39 is 0 Å². The van der Waals surface area contributed by atoms with Gasteiger partial charge in [-0.15, -0.1) is 0 Å². The summed E-state index contributed by atoms with van der Waals surface area (Å²) >= 11 is 11.9. The zero-order valence-electron chi connectivity index (χ0n) is 10.7. The molecule has 3 nitrogen and oxygen atoms in total. The molecule has 102 valence electrons. The third kappa shape index (κ3) is 2.78. The van der Waals surface area contributed by atoms with E-state index >= 15 is 0 Å². The first kappa shape index (κ1) is 13.7. The van der Waals surface area contributed by atoms with Crippen molar-refractivity contribution in [3.05, 3.63) is 64.1 Å². The number of nitrogens with zero attached hydrogens (tertiary/aromatic N) is 2. The van der Waals surface area contributed by atoms with E-state index in [4.69, 9.17) is 27.9 Å². The van der Waals surface area contributed by atoms with Crippen molar-refractivity contribution in [2.24, 2.45) is 0 Å². The largest absolute Gasteiger partial charge is 0.436 e. The number of pyridine rings is 1. The summed E-state index contributed by atoms with van der Waals surface area (Å²) in [4.78, 5) is 4.37. The molecule has 0 aliphatic carbocycles. The molecule has 1 heterocycles. The SMILES string of the molecule is N#Cc1cc2ccccc2nc1Oc1ccc(Cl)cc1Cl. The molecule has 0 saturated carbocycles. The first-order valence-corrected chi connectivity index (χ1v) is 6.86. The highest BCUT2D eigenvalue weighted by Gasteiger charge is 2.11. The van der Waals surface area contributed by atoms with Crippen molar-refractivity contribution in [1.29, 1.82) is 5.26 Å². The van der Waals surface area contributed by atoms with Crippen molar-refractivity contribution in [1.82, 2.24) is 4.98 Å². The van der Waals surface area contributed by atoms with E-state index in [1.54, 1.807) is 24.3 Å². The van der Waals surface area contributed by atoms with Gasteiger partial charge in [0.2, 0.25) is 5.88 Å². The van der Waals surface area contributed by atoms with Gasteiger partial charge >= 0.3 is 0 Å². The molecule has 0 aliphatic rings. The fraction of sp³-hybridized carbons (Fsp3) is 0. The summed E-state index contributed by atoms with van der Waals surface area (Å²) in [7, 11) is 0. The second-order valence-electron chi connectivity index (χ2n) is 4.32. The molecule has 0 bridgehead atoms. The molecule has 1 aromatic heterocycles. The predicted octanol–water partition coefficient (Wildman–Crippen LogP) is 5.21.